The fourth-order valence-electron chi connectivity index (χ4n) is 2.91. The molecule has 0 unspecified atom stereocenters. The summed E-state index contributed by atoms with van der Waals surface area (Å²) >= 11 is 3.46. The van der Waals surface area contributed by atoms with Gasteiger partial charge in [-0.2, -0.15) is 0 Å². The van der Waals surface area contributed by atoms with Crippen molar-refractivity contribution in [3.8, 4) is 0 Å². The molecule has 3 rings (SSSR count). The molecular formula is C16H19BrN2O2. The van der Waals surface area contributed by atoms with E-state index >= 15 is 0 Å². The number of aryl methyl sites for hydroxylation is 1. The molecule has 1 aliphatic heterocycles. The number of nitrogens with zero attached hydrogens (tertiary/aromatic N) is 1. The summed E-state index contributed by atoms with van der Waals surface area (Å²) in [6.45, 7) is 3.51. The summed E-state index contributed by atoms with van der Waals surface area (Å²) in [5.41, 5.74) is 1.69. The highest BCUT2D eigenvalue weighted by Gasteiger charge is 2.26. The maximum atomic E-state index is 12.7. The molecule has 0 bridgehead atoms. The molecule has 2 aromatic rings. The van der Waals surface area contributed by atoms with E-state index in [1.807, 2.05) is 37.1 Å². The zero-order chi connectivity index (χ0) is 15.0. The van der Waals surface area contributed by atoms with Gasteiger partial charge in [0, 0.05) is 34.6 Å². The van der Waals surface area contributed by atoms with Crippen molar-refractivity contribution in [1.82, 2.24) is 10.2 Å². The minimum absolute atomic E-state index is 0.00868. The first-order chi connectivity index (χ1) is 10.1. The third-order valence-electron chi connectivity index (χ3n) is 4.28. The van der Waals surface area contributed by atoms with Crippen LogP contribution in [0.3, 0.4) is 0 Å². The van der Waals surface area contributed by atoms with E-state index in [0.717, 1.165) is 46.9 Å². The van der Waals surface area contributed by atoms with Crippen LogP contribution in [0.5, 0.6) is 0 Å². The molecule has 5 heteroatoms. The molecule has 1 fully saturated rings. The molecule has 1 aliphatic rings. The molecule has 2 heterocycles. The van der Waals surface area contributed by atoms with Gasteiger partial charge in [-0.25, -0.2) is 0 Å². The first kappa shape index (κ1) is 14.6. The lowest BCUT2D eigenvalue weighted by atomic mass is 10.0. The molecule has 1 saturated heterocycles. The lowest BCUT2D eigenvalue weighted by molar-refractivity contribution is 0.0676. The Morgan fingerprint density at radius 3 is 2.76 bits per heavy atom. The van der Waals surface area contributed by atoms with Crippen molar-refractivity contribution in [2.75, 3.05) is 20.1 Å². The van der Waals surface area contributed by atoms with Gasteiger partial charge in [-0.1, -0.05) is 15.9 Å². The monoisotopic (exact) mass is 350 g/mol. The van der Waals surface area contributed by atoms with Crippen molar-refractivity contribution >= 4 is 32.8 Å². The lowest BCUT2D eigenvalue weighted by Crippen LogP contribution is -2.44. The van der Waals surface area contributed by atoms with Crippen LogP contribution in [0, 0.1) is 6.92 Å². The number of benzene rings is 1. The number of halogens is 1. The molecule has 1 aromatic heterocycles. The number of furan rings is 1. The average Bonchev–Trinajstić information content (AvgIpc) is 2.83. The molecule has 0 aliphatic carbocycles. The highest BCUT2D eigenvalue weighted by Crippen LogP contribution is 2.29. The molecule has 0 radical (unpaired) electrons. The summed E-state index contributed by atoms with van der Waals surface area (Å²) in [6.07, 6.45) is 1.99. The predicted molar refractivity (Wildman–Crippen MR) is 86.6 cm³/mol. The molecule has 1 N–H and O–H groups in total. The van der Waals surface area contributed by atoms with Crippen LogP contribution in [0.2, 0.25) is 0 Å². The van der Waals surface area contributed by atoms with Gasteiger partial charge in [0.15, 0.2) is 5.76 Å². The number of fused-ring (bicyclic) bond motifs is 1. The summed E-state index contributed by atoms with van der Waals surface area (Å²) < 4.78 is 6.79. The van der Waals surface area contributed by atoms with Crippen LogP contribution in [0.4, 0.5) is 0 Å². The summed E-state index contributed by atoms with van der Waals surface area (Å²) in [5.74, 6) is 0.486. The van der Waals surface area contributed by atoms with Gasteiger partial charge in [0.2, 0.25) is 0 Å². The van der Waals surface area contributed by atoms with E-state index in [9.17, 15) is 4.79 Å². The third-order valence-corrected chi connectivity index (χ3v) is 4.78. The highest BCUT2D eigenvalue weighted by atomic mass is 79.9. The summed E-state index contributed by atoms with van der Waals surface area (Å²) in [5, 5.41) is 4.27. The lowest BCUT2D eigenvalue weighted by Gasteiger charge is -2.31. The topological polar surface area (TPSA) is 45.5 Å². The highest BCUT2D eigenvalue weighted by molar-refractivity contribution is 9.10. The largest absolute Gasteiger partial charge is 0.451 e. The molecule has 0 saturated carbocycles. The zero-order valence-electron chi connectivity index (χ0n) is 12.3. The number of piperidine rings is 1. The van der Waals surface area contributed by atoms with E-state index in [-0.39, 0.29) is 5.91 Å². The maximum Gasteiger partial charge on any atom is 0.289 e. The van der Waals surface area contributed by atoms with E-state index in [1.165, 1.54) is 0 Å². The number of hydrogen-bond acceptors (Lipinski definition) is 3. The number of carbonyl (C=O) groups is 1. The Bertz CT molecular complexity index is 672. The Balaban J connectivity index is 1.87. The molecule has 0 atom stereocenters. The minimum Gasteiger partial charge on any atom is -0.451 e. The second-order valence-electron chi connectivity index (χ2n) is 5.55. The van der Waals surface area contributed by atoms with Gasteiger partial charge in [0.1, 0.15) is 5.58 Å². The van der Waals surface area contributed by atoms with E-state index in [2.05, 4.69) is 21.2 Å². The van der Waals surface area contributed by atoms with Gasteiger partial charge in [0.05, 0.1) is 0 Å². The fraction of sp³-hybridized carbons (Fsp3) is 0.438. The fourth-order valence-corrected chi connectivity index (χ4v) is 3.27. The van der Waals surface area contributed by atoms with E-state index in [0.29, 0.717) is 11.8 Å². The van der Waals surface area contributed by atoms with E-state index < -0.39 is 0 Å². The van der Waals surface area contributed by atoms with Gasteiger partial charge >= 0.3 is 0 Å². The third kappa shape index (κ3) is 2.72. The van der Waals surface area contributed by atoms with Crippen molar-refractivity contribution in [3.05, 3.63) is 34.0 Å². The molecule has 4 nitrogen and oxygen atoms in total. The number of rotatable bonds is 2. The predicted octanol–water partition coefficient (Wildman–Crippen LogP) is 3.33. The molecular weight excluding hydrogens is 332 g/mol. The Labute approximate surface area is 132 Å². The first-order valence-electron chi connectivity index (χ1n) is 7.25. The summed E-state index contributed by atoms with van der Waals surface area (Å²) in [7, 11) is 1.98. The quantitative estimate of drug-likeness (QED) is 0.903. The Hall–Kier alpha value is -1.33. The van der Waals surface area contributed by atoms with Gasteiger partial charge in [-0.15, -0.1) is 0 Å². The van der Waals surface area contributed by atoms with Crippen molar-refractivity contribution in [2.45, 2.75) is 25.8 Å². The molecule has 21 heavy (non-hydrogen) atoms. The molecule has 1 aromatic carbocycles. The number of hydrogen-bond donors (Lipinski definition) is 1. The number of likely N-dealkylation sites (tertiary alicyclic amines) is 1. The zero-order valence-corrected chi connectivity index (χ0v) is 13.9. The number of amides is 1. The smallest absolute Gasteiger partial charge is 0.289 e. The van der Waals surface area contributed by atoms with Crippen LogP contribution in [0.25, 0.3) is 11.0 Å². The minimum atomic E-state index is 0.00868. The maximum absolute atomic E-state index is 12.7. The van der Waals surface area contributed by atoms with E-state index in [1.54, 1.807) is 0 Å². The molecule has 0 spiro atoms. The van der Waals surface area contributed by atoms with Crippen LogP contribution < -0.4 is 5.32 Å². The van der Waals surface area contributed by atoms with Gasteiger partial charge in [0.25, 0.3) is 5.91 Å². The van der Waals surface area contributed by atoms with Crippen LogP contribution >= 0.6 is 15.9 Å². The van der Waals surface area contributed by atoms with Crippen molar-refractivity contribution < 1.29 is 9.21 Å². The van der Waals surface area contributed by atoms with Gasteiger partial charge < -0.3 is 14.6 Å². The van der Waals surface area contributed by atoms with Crippen LogP contribution in [0.15, 0.2) is 27.1 Å². The first-order valence-corrected chi connectivity index (χ1v) is 8.04. The Kier molecular flexibility index (Phi) is 4.04. The van der Waals surface area contributed by atoms with Gasteiger partial charge in [-0.3, -0.25) is 4.79 Å². The molecule has 112 valence electrons. The van der Waals surface area contributed by atoms with Crippen molar-refractivity contribution in [3.63, 3.8) is 0 Å². The second kappa shape index (κ2) is 5.81. The van der Waals surface area contributed by atoms with E-state index in [4.69, 9.17) is 4.42 Å². The standard InChI is InChI=1S/C16H19BrN2O2/c1-10-13-9-11(17)3-4-14(13)21-15(10)16(20)19-7-5-12(18-2)6-8-19/h3-4,9,12,18H,5-8H2,1-2H3. The van der Waals surface area contributed by atoms with Crippen LogP contribution in [-0.2, 0) is 0 Å². The van der Waals surface area contributed by atoms with Crippen molar-refractivity contribution in [1.29, 1.82) is 0 Å². The normalized spacial score (nSPS) is 16.6. The summed E-state index contributed by atoms with van der Waals surface area (Å²) in [6, 6.07) is 6.34. The Morgan fingerprint density at radius 2 is 2.10 bits per heavy atom. The van der Waals surface area contributed by atoms with Gasteiger partial charge in [-0.05, 0) is 45.0 Å². The average molecular weight is 351 g/mol. The number of nitrogens with one attached hydrogen (secondary N) is 1. The van der Waals surface area contributed by atoms with Crippen LogP contribution in [0.1, 0.15) is 29.0 Å². The Morgan fingerprint density at radius 1 is 1.38 bits per heavy atom. The summed E-state index contributed by atoms with van der Waals surface area (Å²) in [4.78, 5) is 14.6. The number of carbonyl (C=O) groups excluding carboxylic acids is 1. The second-order valence-corrected chi connectivity index (χ2v) is 6.47. The van der Waals surface area contributed by atoms with Crippen molar-refractivity contribution in [2.24, 2.45) is 0 Å². The van der Waals surface area contributed by atoms with Crippen LogP contribution in [-0.4, -0.2) is 37.0 Å². The SMILES string of the molecule is CNC1CCN(C(=O)c2oc3ccc(Br)cc3c2C)CC1. The molecule has 1 amide bonds.